The standard InChI is InChI=1S/C15H22N2O4/c1-15(2,3)17-13(18)10-16-8-9-21-12-6-4-11(5-7-12)14(19)20/h4-7,16H,8-10H2,1-3H3,(H,17,18)(H,19,20). The highest BCUT2D eigenvalue weighted by atomic mass is 16.5. The van der Waals surface area contributed by atoms with Crippen LogP contribution in [0.1, 0.15) is 31.1 Å². The van der Waals surface area contributed by atoms with E-state index in [0.29, 0.717) is 18.9 Å². The number of aromatic carboxylic acids is 1. The zero-order valence-electron chi connectivity index (χ0n) is 12.6. The molecule has 3 N–H and O–H groups in total. The summed E-state index contributed by atoms with van der Waals surface area (Å²) in [6.45, 7) is 6.93. The Kier molecular flexibility index (Phi) is 6.17. The summed E-state index contributed by atoms with van der Waals surface area (Å²) in [5, 5.41) is 14.6. The molecule has 0 atom stereocenters. The topological polar surface area (TPSA) is 87.7 Å². The first-order chi connectivity index (χ1) is 9.78. The van der Waals surface area contributed by atoms with Gasteiger partial charge in [0.15, 0.2) is 0 Å². The van der Waals surface area contributed by atoms with E-state index in [4.69, 9.17) is 9.84 Å². The molecule has 1 aromatic carbocycles. The lowest BCUT2D eigenvalue weighted by Crippen LogP contribution is -2.45. The molecule has 0 aliphatic carbocycles. The van der Waals surface area contributed by atoms with Crippen molar-refractivity contribution >= 4 is 11.9 Å². The summed E-state index contributed by atoms with van der Waals surface area (Å²) in [6.07, 6.45) is 0. The fourth-order valence-corrected chi connectivity index (χ4v) is 1.60. The van der Waals surface area contributed by atoms with Gasteiger partial charge in [-0.25, -0.2) is 4.79 Å². The van der Waals surface area contributed by atoms with E-state index >= 15 is 0 Å². The van der Waals surface area contributed by atoms with E-state index in [0.717, 1.165) is 0 Å². The lowest BCUT2D eigenvalue weighted by Gasteiger charge is -2.20. The second-order valence-electron chi connectivity index (χ2n) is 5.65. The maximum Gasteiger partial charge on any atom is 0.335 e. The Hall–Kier alpha value is -2.08. The molecule has 0 aromatic heterocycles. The molecular weight excluding hydrogens is 272 g/mol. The Bertz CT molecular complexity index is 477. The van der Waals surface area contributed by atoms with E-state index < -0.39 is 5.97 Å². The van der Waals surface area contributed by atoms with Gasteiger partial charge in [0.2, 0.25) is 5.91 Å². The van der Waals surface area contributed by atoms with Gasteiger partial charge in [-0.05, 0) is 45.0 Å². The van der Waals surface area contributed by atoms with Crippen LogP contribution in [-0.4, -0.2) is 42.2 Å². The van der Waals surface area contributed by atoms with Crippen LogP contribution in [0.4, 0.5) is 0 Å². The number of hydrogen-bond acceptors (Lipinski definition) is 4. The van der Waals surface area contributed by atoms with Gasteiger partial charge < -0.3 is 20.5 Å². The van der Waals surface area contributed by atoms with Gasteiger partial charge >= 0.3 is 5.97 Å². The fourth-order valence-electron chi connectivity index (χ4n) is 1.60. The first-order valence-electron chi connectivity index (χ1n) is 6.76. The van der Waals surface area contributed by atoms with Crippen LogP contribution in [0.2, 0.25) is 0 Å². The van der Waals surface area contributed by atoms with Crippen molar-refractivity contribution in [3.63, 3.8) is 0 Å². The second-order valence-corrected chi connectivity index (χ2v) is 5.65. The van der Waals surface area contributed by atoms with Gasteiger partial charge in [0.25, 0.3) is 0 Å². The molecule has 116 valence electrons. The monoisotopic (exact) mass is 294 g/mol. The number of carbonyl (C=O) groups is 2. The predicted octanol–water partition coefficient (Wildman–Crippen LogP) is 1.27. The second kappa shape index (κ2) is 7.64. The Balaban J connectivity index is 2.19. The summed E-state index contributed by atoms with van der Waals surface area (Å²) in [7, 11) is 0. The molecule has 0 fully saturated rings. The normalized spacial score (nSPS) is 11.0. The van der Waals surface area contributed by atoms with Crippen LogP contribution >= 0.6 is 0 Å². The molecule has 0 spiro atoms. The Morgan fingerprint density at radius 2 is 1.81 bits per heavy atom. The summed E-state index contributed by atoms with van der Waals surface area (Å²) in [6, 6.07) is 6.19. The molecule has 1 aromatic rings. The number of amides is 1. The molecule has 21 heavy (non-hydrogen) atoms. The number of carboxylic acid groups (broad SMARTS) is 1. The molecule has 0 aliphatic heterocycles. The van der Waals surface area contributed by atoms with E-state index in [1.54, 1.807) is 12.1 Å². The molecule has 0 aliphatic rings. The highest BCUT2D eigenvalue weighted by molar-refractivity contribution is 5.87. The lowest BCUT2D eigenvalue weighted by molar-refractivity contribution is -0.121. The number of rotatable bonds is 7. The van der Waals surface area contributed by atoms with Gasteiger partial charge in [-0.2, -0.15) is 0 Å². The molecule has 1 rings (SSSR count). The smallest absolute Gasteiger partial charge is 0.335 e. The molecular formula is C15H22N2O4. The SMILES string of the molecule is CC(C)(C)NC(=O)CNCCOc1ccc(C(=O)O)cc1. The number of hydrogen-bond donors (Lipinski definition) is 3. The van der Waals surface area contributed by atoms with Crippen molar-refractivity contribution < 1.29 is 19.4 Å². The van der Waals surface area contributed by atoms with Crippen molar-refractivity contribution in [2.45, 2.75) is 26.3 Å². The minimum Gasteiger partial charge on any atom is -0.492 e. The van der Waals surface area contributed by atoms with Crippen LogP contribution in [0.5, 0.6) is 5.75 Å². The molecule has 0 saturated heterocycles. The summed E-state index contributed by atoms with van der Waals surface area (Å²) >= 11 is 0. The molecule has 6 nitrogen and oxygen atoms in total. The highest BCUT2D eigenvalue weighted by Crippen LogP contribution is 2.11. The largest absolute Gasteiger partial charge is 0.492 e. The summed E-state index contributed by atoms with van der Waals surface area (Å²) < 4.78 is 5.44. The molecule has 1 amide bonds. The fraction of sp³-hybridized carbons (Fsp3) is 0.467. The first kappa shape index (κ1) is 17.0. The van der Waals surface area contributed by atoms with Crippen molar-refractivity contribution in [2.24, 2.45) is 0 Å². The van der Waals surface area contributed by atoms with Crippen molar-refractivity contribution in [1.82, 2.24) is 10.6 Å². The van der Waals surface area contributed by atoms with Crippen molar-refractivity contribution in [1.29, 1.82) is 0 Å². The maximum atomic E-state index is 11.5. The van der Waals surface area contributed by atoms with E-state index in [1.807, 2.05) is 20.8 Å². The maximum absolute atomic E-state index is 11.5. The van der Waals surface area contributed by atoms with E-state index in [9.17, 15) is 9.59 Å². The van der Waals surface area contributed by atoms with Gasteiger partial charge in [0, 0.05) is 12.1 Å². The minimum atomic E-state index is -0.965. The van der Waals surface area contributed by atoms with Crippen LogP contribution in [0, 0.1) is 0 Å². The van der Waals surface area contributed by atoms with Crippen molar-refractivity contribution in [3.05, 3.63) is 29.8 Å². The molecule has 0 radical (unpaired) electrons. The van der Waals surface area contributed by atoms with E-state index in [1.165, 1.54) is 12.1 Å². The highest BCUT2D eigenvalue weighted by Gasteiger charge is 2.12. The quantitative estimate of drug-likeness (QED) is 0.659. The number of ether oxygens (including phenoxy) is 1. The zero-order chi connectivity index (χ0) is 15.9. The zero-order valence-corrected chi connectivity index (χ0v) is 12.6. The van der Waals surface area contributed by atoms with Gasteiger partial charge in [0.05, 0.1) is 12.1 Å². The molecule has 6 heteroatoms. The number of benzene rings is 1. The minimum absolute atomic E-state index is 0.0617. The molecule has 0 bridgehead atoms. The van der Waals surface area contributed by atoms with Crippen molar-refractivity contribution in [3.8, 4) is 5.75 Å². The number of nitrogens with one attached hydrogen (secondary N) is 2. The van der Waals surface area contributed by atoms with Gasteiger partial charge in [-0.15, -0.1) is 0 Å². The van der Waals surface area contributed by atoms with Crippen LogP contribution in [0.3, 0.4) is 0 Å². The average Bonchev–Trinajstić information content (AvgIpc) is 2.36. The summed E-state index contributed by atoms with van der Waals surface area (Å²) in [5.41, 5.74) is -0.0134. The lowest BCUT2D eigenvalue weighted by atomic mass is 10.1. The third kappa shape index (κ3) is 7.31. The Morgan fingerprint density at radius 1 is 1.19 bits per heavy atom. The van der Waals surface area contributed by atoms with Gasteiger partial charge in [-0.3, -0.25) is 4.79 Å². The van der Waals surface area contributed by atoms with E-state index in [2.05, 4.69) is 10.6 Å². The summed E-state index contributed by atoms with van der Waals surface area (Å²) in [4.78, 5) is 22.2. The third-order valence-electron chi connectivity index (χ3n) is 2.45. The number of carbonyl (C=O) groups excluding carboxylic acids is 1. The predicted molar refractivity (Wildman–Crippen MR) is 79.7 cm³/mol. The Morgan fingerprint density at radius 3 is 2.33 bits per heavy atom. The molecule has 0 saturated carbocycles. The van der Waals surface area contributed by atoms with Crippen LogP contribution < -0.4 is 15.4 Å². The first-order valence-corrected chi connectivity index (χ1v) is 6.76. The Labute approximate surface area is 124 Å². The van der Waals surface area contributed by atoms with Gasteiger partial charge in [-0.1, -0.05) is 0 Å². The summed E-state index contributed by atoms with van der Waals surface area (Å²) in [5.74, 6) is -0.428. The van der Waals surface area contributed by atoms with Crippen LogP contribution in [0.15, 0.2) is 24.3 Å². The number of carboxylic acids is 1. The van der Waals surface area contributed by atoms with E-state index in [-0.39, 0.29) is 23.6 Å². The molecule has 0 heterocycles. The van der Waals surface area contributed by atoms with Crippen LogP contribution in [-0.2, 0) is 4.79 Å². The average molecular weight is 294 g/mol. The third-order valence-corrected chi connectivity index (χ3v) is 2.45. The molecule has 0 unspecified atom stereocenters. The van der Waals surface area contributed by atoms with Crippen molar-refractivity contribution in [2.75, 3.05) is 19.7 Å². The van der Waals surface area contributed by atoms with Gasteiger partial charge in [0.1, 0.15) is 12.4 Å². The van der Waals surface area contributed by atoms with Crippen LogP contribution in [0.25, 0.3) is 0 Å².